The fourth-order valence-corrected chi connectivity index (χ4v) is 4.95. The molecule has 2 bridgehead atoms. The number of allylic oxidation sites excluding steroid dienone is 3. The van der Waals surface area contributed by atoms with Gasteiger partial charge in [0.1, 0.15) is 6.10 Å². The summed E-state index contributed by atoms with van der Waals surface area (Å²) in [6.45, 7) is 4.22. The Bertz CT molecular complexity index is 649. The van der Waals surface area contributed by atoms with E-state index in [0.717, 1.165) is 49.4 Å². The molecule has 156 valence electrons. The third-order valence-corrected chi connectivity index (χ3v) is 6.61. The molecule has 7 heteroatoms. The van der Waals surface area contributed by atoms with Crippen LogP contribution in [0.5, 0.6) is 0 Å². The predicted molar refractivity (Wildman–Crippen MR) is 109 cm³/mol. The summed E-state index contributed by atoms with van der Waals surface area (Å²) in [4.78, 5) is 24.1. The zero-order valence-corrected chi connectivity index (χ0v) is 17.5. The van der Waals surface area contributed by atoms with E-state index in [1.54, 1.807) is 6.08 Å². The van der Waals surface area contributed by atoms with Crippen LogP contribution in [-0.4, -0.2) is 46.1 Å². The Labute approximate surface area is 171 Å². The quantitative estimate of drug-likeness (QED) is 0.534. The molecule has 0 aromatic heterocycles. The fourth-order valence-electron chi connectivity index (χ4n) is 4.06. The molecule has 0 aromatic rings. The minimum absolute atomic E-state index is 0.158. The van der Waals surface area contributed by atoms with Gasteiger partial charge >= 0.3 is 5.97 Å². The number of fused-ring (bicyclic) bond motifs is 2. The molecule has 1 amide bonds. The molecule has 3 aliphatic heterocycles. The number of hydrogen-bond acceptors (Lipinski definition) is 6. The SMILES string of the molecule is CC/C1=C/C(=O)O[C@@H]2C[C@@H](CC[C@H](C)/C=C\CC1)O[C@@](O)([C@@H]1CSC(=O)N1)C2. The summed E-state index contributed by atoms with van der Waals surface area (Å²) in [5.41, 5.74) is 1.07. The van der Waals surface area contributed by atoms with Gasteiger partial charge in [0.25, 0.3) is 5.24 Å². The van der Waals surface area contributed by atoms with Gasteiger partial charge in [-0.2, -0.15) is 0 Å². The molecule has 0 unspecified atom stereocenters. The van der Waals surface area contributed by atoms with Crippen LogP contribution in [0, 0.1) is 5.92 Å². The first-order valence-corrected chi connectivity index (χ1v) is 11.3. The highest BCUT2D eigenvalue weighted by atomic mass is 32.2. The van der Waals surface area contributed by atoms with E-state index in [4.69, 9.17) is 9.47 Å². The second-order valence-corrected chi connectivity index (χ2v) is 9.05. The van der Waals surface area contributed by atoms with Crippen molar-refractivity contribution in [2.75, 3.05) is 5.75 Å². The second kappa shape index (κ2) is 9.46. The molecular weight excluding hydrogens is 378 g/mol. The van der Waals surface area contributed by atoms with Crippen molar-refractivity contribution >= 4 is 23.0 Å². The Morgan fingerprint density at radius 2 is 2.14 bits per heavy atom. The maximum atomic E-state index is 12.4. The second-order valence-electron chi connectivity index (χ2n) is 8.06. The Morgan fingerprint density at radius 3 is 2.86 bits per heavy atom. The summed E-state index contributed by atoms with van der Waals surface area (Å²) in [5, 5.41) is 13.8. The molecule has 3 heterocycles. The van der Waals surface area contributed by atoms with Crippen LogP contribution in [0.2, 0.25) is 0 Å². The molecule has 0 saturated carbocycles. The van der Waals surface area contributed by atoms with Gasteiger partial charge in [0, 0.05) is 24.7 Å². The molecule has 28 heavy (non-hydrogen) atoms. The number of carbonyl (C=O) groups excluding carboxylic acids is 2. The van der Waals surface area contributed by atoms with Crippen LogP contribution in [0.1, 0.15) is 58.8 Å². The van der Waals surface area contributed by atoms with E-state index in [-0.39, 0.29) is 23.7 Å². The van der Waals surface area contributed by atoms with Crippen LogP contribution in [-0.2, 0) is 14.3 Å². The molecule has 0 aliphatic carbocycles. The molecule has 3 rings (SSSR count). The zero-order valence-electron chi connectivity index (χ0n) is 16.7. The zero-order chi connectivity index (χ0) is 20.1. The molecule has 5 atom stereocenters. The van der Waals surface area contributed by atoms with Crippen LogP contribution in [0.3, 0.4) is 0 Å². The number of carbonyl (C=O) groups is 2. The van der Waals surface area contributed by atoms with Gasteiger partial charge in [0.15, 0.2) is 5.79 Å². The van der Waals surface area contributed by atoms with Crippen LogP contribution < -0.4 is 5.32 Å². The van der Waals surface area contributed by atoms with Crippen molar-refractivity contribution in [2.24, 2.45) is 5.92 Å². The van der Waals surface area contributed by atoms with E-state index in [2.05, 4.69) is 24.4 Å². The standard InChI is InChI=1S/C21H31NO5S/c1-3-15-7-5-4-6-14(2)8-9-16-11-17(26-19(23)10-15)12-21(25,27-16)18-13-28-20(24)22-18/h4,6,10,14,16-18,25H,3,5,7-9,11-13H2,1-2H3,(H,22,24)/b6-4-,15-10-/t14-,16-,17-,18+,21-/m1/s1. The van der Waals surface area contributed by atoms with Crippen molar-refractivity contribution in [2.45, 2.75) is 82.8 Å². The molecule has 2 N–H and O–H groups in total. The van der Waals surface area contributed by atoms with Gasteiger partial charge in [-0.15, -0.1) is 0 Å². The summed E-state index contributed by atoms with van der Waals surface area (Å²) in [7, 11) is 0. The van der Waals surface area contributed by atoms with Crippen molar-refractivity contribution in [1.29, 1.82) is 0 Å². The van der Waals surface area contributed by atoms with Gasteiger partial charge in [-0.05, 0) is 38.0 Å². The number of hydrogen-bond donors (Lipinski definition) is 2. The summed E-state index contributed by atoms with van der Waals surface area (Å²) < 4.78 is 11.8. The van der Waals surface area contributed by atoms with E-state index in [1.165, 1.54) is 0 Å². The van der Waals surface area contributed by atoms with Gasteiger partial charge < -0.3 is 19.9 Å². The number of ether oxygens (including phenoxy) is 2. The maximum Gasteiger partial charge on any atom is 0.330 e. The minimum Gasteiger partial charge on any atom is -0.459 e. The summed E-state index contributed by atoms with van der Waals surface area (Å²) in [6, 6.07) is -0.494. The van der Waals surface area contributed by atoms with Crippen molar-refractivity contribution in [1.82, 2.24) is 5.32 Å². The minimum atomic E-state index is -1.51. The molecule has 2 saturated heterocycles. The normalized spacial score (nSPS) is 40.6. The number of esters is 1. The monoisotopic (exact) mass is 409 g/mol. The fraction of sp³-hybridized carbons (Fsp3) is 0.714. The van der Waals surface area contributed by atoms with E-state index in [9.17, 15) is 14.7 Å². The van der Waals surface area contributed by atoms with Gasteiger partial charge in [0.2, 0.25) is 0 Å². The lowest BCUT2D eigenvalue weighted by atomic mass is 9.90. The first-order valence-electron chi connectivity index (χ1n) is 10.3. The smallest absolute Gasteiger partial charge is 0.330 e. The van der Waals surface area contributed by atoms with Gasteiger partial charge in [-0.3, -0.25) is 4.79 Å². The average Bonchev–Trinajstić information content (AvgIpc) is 3.09. The van der Waals surface area contributed by atoms with Gasteiger partial charge in [0.05, 0.1) is 12.1 Å². The van der Waals surface area contributed by atoms with Crippen molar-refractivity contribution in [3.05, 3.63) is 23.8 Å². The highest BCUT2D eigenvalue weighted by Crippen LogP contribution is 2.37. The van der Waals surface area contributed by atoms with Crippen LogP contribution in [0.25, 0.3) is 0 Å². The van der Waals surface area contributed by atoms with Crippen LogP contribution in [0.4, 0.5) is 4.79 Å². The van der Waals surface area contributed by atoms with Gasteiger partial charge in [-0.1, -0.05) is 43.3 Å². The first-order chi connectivity index (χ1) is 13.4. The molecule has 0 spiro atoms. The van der Waals surface area contributed by atoms with E-state index in [1.807, 2.05) is 6.92 Å². The summed E-state index contributed by atoms with van der Waals surface area (Å²) >= 11 is 1.14. The van der Waals surface area contributed by atoms with E-state index in [0.29, 0.717) is 18.1 Å². The topological polar surface area (TPSA) is 84.9 Å². The molecule has 6 nitrogen and oxygen atoms in total. The first kappa shape index (κ1) is 21.4. The lowest BCUT2D eigenvalue weighted by Crippen LogP contribution is -2.58. The Kier molecular flexibility index (Phi) is 7.23. The van der Waals surface area contributed by atoms with E-state index < -0.39 is 17.9 Å². The lowest BCUT2D eigenvalue weighted by molar-refractivity contribution is -0.283. The molecule has 0 aromatic carbocycles. The summed E-state index contributed by atoms with van der Waals surface area (Å²) in [5.74, 6) is -1.01. The molecule has 0 radical (unpaired) electrons. The Hall–Kier alpha value is -1.31. The van der Waals surface area contributed by atoms with Crippen molar-refractivity contribution < 1.29 is 24.2 Å². The summed E-state index contributed by atoms with van der Waals surface area (Å²) in [6.07, 6.45) is 10.4. The van der Waals surface area contributed by atoms with Gasteiger partial charge in [-0.25, -0.2) is 4.79 Å². The molecule has 2 fully saturated rings. The number of thioether (sulfide) groups is 1. The number of rotatable bonds is 2. The number of nitrogens with one attached hydrogen (secondary N) is 1. The maximum absolute atomic E-state index is 12.4. The van der Waals surface area contributed by atoms with E-state index >= 15 is 0 Å². The third-order valence-electron chi connectivity index (χ3n) is 5.73. The third kappa shape index (κ3) is 5.61. The largest absolute Gasteiger partial charge is 0.459 e. The van der Waals surface area contributed by atoms with Crippen molar-refractivity contribution in [3.8, 4) is 0 Å². The predicted octanol–water partition coefficient (Wildman–Crippen LogP) is 3.69. The highest BCUT2D eigenvalue weighted by molar-refractivity contribution is 8.14. The highest BCUT2D eigenvalue weighted by Gasteiger charge is 2.49. The Balaban J connectivity index is 1.79. The van der Waals surface area contributed by atoms with Crippen molar-refractivity contribution in [3.63, 3.8) is 0 Å². The molecular formula is C21H31NO5S. The number of amides is 1. The Morgan fingerprint density at radius 1 is 1.32 bits per heavy atom. The molecule has 3 aliphatic rings. The average molecular weight is 410 g/mol. The van der Waals surface area contributed by atoms with Crippen LogP contribution >= 0.6 is 11.8 Å². The number of aliphatic hydroxyl groups is 1. The lowest BCUT2D eigenvalue weighted by Gasteiger charge is -2.43. The van der Waals surface area contributed by atoms with Crippen LogP contribution in [0.15, 0.2) is 23.8 Å².